The highest BCUT2D eigenvalue weighted by Crippen LogP contribution is 2.19. The maximum absolute atomic E-state index is 12.3. The summed E-state index contributed by atoms with van der Waals surface area (Å²) in [6, 6.07) is 8.22. The molecule has 7 heteroatoms. The molecule has 1 heterocycles. The van der Waals surface area contributed by atoms with E-state index in [9.17, 15) is 8.42 Å². The molecule has 0 spiro atoms. The molecule has 1 aromatic carbocycles. The van der Waals surface area contributed by atoms with Gasteiger partial charge in [0.1, 0.15) is 0 Å². The van der Waals surface area contributed by atoms with Crippen molar-refractivity contribution in [1.82, 2.24) is 4.72 Å². The van der Waals surface area contributed by atoms with Gasteiger partial charge in [-0.25, -0.2) is 13.1 Å². The van der Waals surface area contributed by atoms with Gasteiger partial charge in [-0.05, 0) is 47.0 Å². The average Bonchev–Trinajstić information content (AvgIpc) is 2.92. The minimum Gasteiger partial charge on any atom is -0.393 e. The summed E-state index contributed by atoms with van der Waals surface area (Å²) >= 11 is 6.37. The van der Waals surface area contributed by atoms with Crippen molar-refractivity contribution in [2.75, 3.05) is 0 Å². The fourth-order valence-corrected chi connectivity index (χ4v) is 4.03. The van der Waals surface area contributed by atoms with Crippen LogP contribution in [0, 0.1) is 0 Å². The summed E-state index contributed by atoms with van der Waals surface area (Å²) < 4.78 is 27.3. The zero-order valence-electron chi connectivity index (χ0n) is 11.4. The van der Waals surface area contributed by atoms with E-state index in [2.05, 4.69) is 4.72 Å². The Morgan fingerprint density at radius 1 is 1.33 bits per heavy atom. The van der Waals surface area contributed by atoms with E-state index >= 15 is 0 Å². The molecule has 0 fully saturated rings. The number of thiocarbonyl (C=S) groups is 1. The first kappa shape index (κ1) is 16.1. The third-order valence-corrected chi connectivity index (χ3v) is 5.39. The molecule has 2 rings (SSSR count). The SMILES string of the molecule is CC(NS(=O)(=O)c1ccc(CC(N)=S)cc1)c1ccsc1. The van der Waals surface area contributed by atoms with Crippen LogP contribution in [-0.2, 0) is 16.4 Å². The number of thiophene rings is 1. The van der Waals surface area contributed by atoms with E-state index in [1.165, 1.54) is 11.3 Å². The van der Waals surface area contributed by atoms with Gasteiger partial charge >= 0.3 is 0 Å². The normalized spacial score (nSPS) is 13.0. The van der Waals surface area contributed by atoms with Gasteiger partial charge in [-0.2, -0.15) is 11.3 Å². The van der Waals surface area contributed by atoms with Gasteiger partial charge in [0.25, 0.3) is 0 Å². The second kappa shape index (κ2) is 6.65. The number of hydrogen-bond acceptors (Lipinski definition) is 4. The quantitative estimate of drug-likeness (QED) is 0.793. The van der Waals surface area contributed by atoms with Gasteiger partial charge in [-0.3, -0.25) is 0 Å². The van der Waals surface area contributed by atoms with Crippen molar-refractivity contribution in [2.45, 2.75) is 24.3 Å². The smallest absolute Gasteiger partial charge is 0.241 e. The summed E-state index contributed by atoms with van der Waals surface area (Å²) in [7, 11) is -3.54. The lowest BCUT2D eigenvalue weighted by Gasteiger charge is -2.13. The third kappa shape index (κ3) is 4.34. The highest BCUT2D eigenvalue weighted by Gasteiger charge is 2.18. The van der Waals surface area contributed by atoms with Crippen molar-refractivity contribution >= 4 is 38.6 Å². The van der Waals surface area contributed by atoms with Gasteiger partial charge < -0.3 is 5.73 Å². The summed E-state index contributed by atoms with van der Waals surface area (Å²) in [5.74, 6) is 0. The highest BCUT2D eigenvalue weighted by atomic mass is 32.2. The maximum atomic E-state index is 12.3. The molecule has 112 valence electrons. The van der Waals surface area contributed by atoms with Gasteiger partial charge in [0.2, 0.25) is 10.0 Å². The van der Waals surface area contributed by atoms with Gasteiger partial charge in [0.15, 0.2) is 0 Å². The second-order valence-electron chi connectivity index (χ2n) is 4.69. The summed E-state index contributed by atoms with van der Waals surface area (Å²) in [6.07, 6.45) is 0.467. The largest absolute Gasteiger partial charge is 0.393 e. The first-order valence-electron chi connectivity index (χ1n) is 6.30. The standard InChI is InChI=1S/C14H16N2O2S3/c1-10(12-6-7-20-9-12)16-21(17,18)13-4-2-11(3-5-13)8-14(15)19/h2-7,9-10,16H,8H2,1H3,(H2,15,19). The van der Waals surface area contributed by atoms with Crippen LogP contribution in [0.1, 0.15) is 24.1 Å². The van der Waals surface area contributed by atoms with Gasteiger partial charge in [0, 0.05) is 12.5 Å². The van der Waals surface area contributed by atoms with Crippen molar-refractivity contribution in [3.05, 3.63) is 52.2 Å². The Balaban J connectivity index is 2.14. The molecule has 0 amide bonds. The zero-order chi connectivity index (χ0) is 15.5. The molecule has 4 nitrogen and oxygen atoms in total. The first-order valence-corrected chi connectivity index (χ1v) is 9.13. The lowest BCUT2D eigenvalue weighted by molar-refractivity contribution is 0.567. The highest BCUT2D eigenvalue weighted by molar-refractivity contribution is 7.89. The van der Waals surface area contributed by atoms with Crippen LogP contribution in [0.3, 0.4) is 0 Å². The molecule has 0 bridgehead atoms. The Morgan fingerprint density at radius 3 is 2.52 bits per heavy atom. The van der Waals surface area contributed by atoms with Gasteiger partial charge in [0.05, 0.1) is 9.88 Å². The number of hydrogen-bond donors (Lipinski definition) is 2. The Morgan fingerprint density at radius 2 is 2.00 bits per heavy atom. The van der Waals surface area contributed by atoms with E-state index in [0.29, 0.717) is 11.4 Å². The van der Waals surface area contributed by atoms with Crippen molar-refractivity contribution < 1.29 is 8.42 Å². The minimum atomic E-state index is -3.54. The van der Waals surface area contributed by atoms with Crippen LogP contribution in [0.5, 0.6) is 0 Å². The Labute approximate surface area is 134 Å². The molecule has 1 aromatic heterocycles. The van der Waals surface area contributed by atoms with E-state index in [0.717, 1.165) is 11.1 Å². The fraction of sp³-hybridized carbons (Fsp3) is 0.214. The molecule has 0 aliphatic rings. The lowest BCUT2D eigenvalue weighted by Crippen LogP contribution is -2.26. The van der Waals surface area contributed by atoms with Crippen LogP contribution in [0.25, 0.3) is 0 Å². The predicted molar refractivity (Wildman–Crippen MR) is 90.0 cm³/mol. The lowest BCUT2D eigenvalue weighted by atomic mass is 10.1. The number of nitrogens with two attached hydrogens (primary N) is 1. The van der Waals surface area contributed by atoms with E-state index in [-0.39, 0.29) is 10.9 Å². The van der Waals surface area contributed by atoms with Crippen LogP contribution in [0.2, 0.25) is 0 Å². The molecule has 1 unspecified atom stereocenters. The number of rotatable bonds is 6. The minimum absolute atomic E-state index is 0.233. The molecule has 0 saturated carbocycles. The summed E-state index contributed by atoms with van der Waals surface area (Å²) in [5, 5.41) is 3.85. The Hall–Kier alpha value is -1.28. The molecule has 0 radical (unpaired) electrons. The Kier molecular flexibility index (Phi) is 5.10. The van der Waals surface area contributed by atoms with E-state index < -0.39 is 10.0 Å². The number of sulfonamides is 1. The zero-order valence-corrected chi connectivity index (χ0v) is 13.9. The molecule has 0 aliphatic heterocycles. The predicted octanol–water partition coefficient (Wildman–Crippen LogP) is 2.62. The van der Waals surface area contributed by atoms with E-state index in [1.54, 1.807) is 24.3 Å². The topological polar surface area (TPSA) is 72.2 Å². The second-order valence-corrected chi connectivity index (χ2v) is 7.71. The first-order chi connectivity index (χ1) is 9.88. The molecule has 0 aliphatic carbocycles. The monoisotopic (exact) mass is 340 g/mol. The molecule has 0 saturated heterocycles. The molecular weight excluding hydrogens is 324 g/mol. The van der Waals surface area contributed by atoms with Crippen LogP contribution < -0.4 is 10.5 Å². The van der Waals surface area contributed by atoms with Gasteiger partial charge in [-0.1, -0.05) is 24.4 Å². The van der Waals surface area contributed by atoms with Crippen molar-refractivity contribution in [3.8, 4) is 0 Å². The van der Waals surface area contributed by atoms with Crippen molar-refractivity contribution in [2.24, 2.45) is 5.73 Å². The van der Waals surface area contributed by atoms with Crippen molar-refractivity contribution in [1.29, 1.82) is 0 Å². The summed E-state index contributed by atoms with van der Waals surface area (Å²) in [6.45, 7) is 1.82. The summed E-state index contributed by atoms with van der Waals surface area (Å²) in [5.41, 5.74) is 7.32. The van der Waals surface area contributed by atoms with Crippen LogP contribution >= 0.6 is 23.6 Å². The number of nitrogens with one attached hydrogen (secondary N) is 1. The maximum Gasteiger partial charge on any atom is 0.241 e. The Bertz CT molecular complexity index is 707. The average molecular weight is 340 g/mol. The third-order valence-electron chi connectivity index (χ3n) is 2.99. The van der Waals surface area contributed by atoms with Crippen LogP contribution in [0.4, 0.5) is 0 Å². The number of benzene rings is 1. The summed E-state index contributed by atoms with van der Waals surface area (Å²) in [4.78, 5) is 0.617. The molecule has 1 atom stereocenters. The molecular formula is C14H16N2O2S3. The van der Waals surface area contributed by atoms with Gasteiger partial charge in [-0.15, -0.1) is 0 Å². The fourth-order valence-electron chi connectivity index (χ4n) is 1.88. The molecule has 21 heavy (non-hydrogen) atoms. The van der Waals surface area contributed by atoms with E-state index in [4.69, 9.17) is 18.0 Å². The van der Waals surface area contributed by atoms with Crippen molar-refractivity contribution in [3.63, 3.8) is 0 Å². The van der Waals surface area contributed by atoms with Crippen LogP contribution in [-0.4, -0.2) is 13.4 Å². The molecule has 3 N–H and O–H groups in total. The van der Waals surface area contributed by atoms with E-state index in [1.807, 2.05) is 23.8 Å². The molecule has 2 aromatic rings. The van der Waals surface area contributed by atoms with Crippen LogP contribution in [0.15, 0.2) is 46.0 Å².